The molecular formula is C15H18N4O. The van der Waals surface area contributed by atoms with Gasteiger partial charge in [0.05, 0.1) is 12.8 Å². The molecule has 20 heavy (non-hydrogen) atoms. The van der Waals surface area contributed by atoms with Crippen LogP contribution < -0.4 is 16.4 Å². The molecule has 0 spiro atoms. The second-order valence-electron chi connectivity index (χ2n) is 4.86. The van der Waals surface area contributed by atoms with E-state index in [1.54, 1.807) is 6.26 Å². The van der Waals surface area contributed by atoms with Gasteiger partial charge in [0.25, 0.3) is 0 Å². The van der Waals surface area contributed by atoms with Crippen LogP contribution in [0.5, 0.6) is 0 Å². The molecule has 1 aliphatic heterocycles. The van der Waals surface area contributed by atoms with Gasteiger partial charge in [0.2, 0.25) is 0 Å². The number of fused-ring (bicyclic) bond motifs is 1. The lowest BCUT2D eigenvalue weighted by Gasteiger charge is -2.38. The lowest BCUT2D eigenvalue weighted by molar-refractivity contribution is 0.428. The molecule has 1 atom stereocenters. The molecule has 1 aromatic carbocycles. The third kappa shape index (κ3) is 2.40. The van der Waals surface area contributed by atoms with Gasteiger partial charge in [-0.25, -0.2) is 0 Å². The summed E-state index contributed by atoms with van der Waals surface area (Å²) in [5.74, 6) is 0.950. The highest BCUT2D eigenvalue weighted by Gasteiger charge is 2.30. The molecule has 0 aliphatic carbocycles. The normalized spacial score (nSPS) is 23.0. The first kappa shape index (κ1) is 12.7. The first-order valence-electron chi connectivity index (χ1n) is 6.72. The molecule has 1 aromatic heterocycles. The highest BCUT2D eigenvalue weighted by atomic mass is 16.3. The van der Waals surface area contributed by atoms with Crippen molar-refractivity contribution in [1.82, 2.24) is 5.32 Å². The number of benzene rings is 1. The number of hydrogen-bond acceptors (Lipinski definition) is 4. The Morgan fingerprint density at radius 3 is 2.80 bits per heavy atom. The molecule has 4 N–H and O–H groups in total. The van der Waals surface area contributed by atoms with Crippen LogP contribution in [0, 0.1) is 0 Å². The Labute approximate surface area is 117 Å². The largest absolute Gasteiger partial charge is 0.467 e. The number of aliphatic imine (C=N–C) groups is 1. The van der Waals surface area contributed by atoms with Crippen LogP contribution in [0.15, 0.2) is 52.1 Å². The SMILES string of the molecule is CCC1(N)NC(=NCc2ccco2)c2ccccc2N1. The van der Waals surface area contributed by atoms with E-state index in [0.717, 1.165) is 29.3 Å². The quantitative estimate of drug-likeness (QED) is 0.799. The van der Waals surface area contributed by atoms with Gasteiger partial charge < -0.3 is 15.1 Å². The van der Waals surface area contributed by atoms with E-state index in [1.165, 1.54) is 0 Å². The number of furan rings is 1. The van der Waals surface area contributed by atoms with Crippen molar-refractivity contribution in [1.29, 1.82) is 0 Å². The molecule has 1 unspecified atom stereocenters. The van der Waals surface area contributed by atoms with Crippen molar-refractivity contribution in [3.8, 4) is 0 Å². The van der Waals surface area contributed by atoms with Crippen LogP contribution >= 0.6 is 0 Å². The molecule has 2 aromatic rings. The second-order valence-corrected chi connectivity index (χ2v) is 4.86. The van der Waals surface area contributed by atoms with Gasteiger partial charge in [0.15, 0.2) is 5.79 Å². The summed E-state index contributed by atoms with van der Waals surface area (Å²) in [6.07, 6.45) is 2.39. The van der Waals surface area contributed by atoms with Gasteiger partial charge in [-0.2, -0.15) is 0 Å². The summed E-state index contributed by atoms with van der Waals surface area (Å²) in [5, 5.41) is 6.58. The molecule has 0 bridgehead atoms. The van der Waals surface area contributed by atoms with Crippen molar-refractivity contribution >= 4 is 11.5 Å². The monoisotopic (exact) mass is 270 g/mol. The summed E-state index contributed by atoms with van der Waals surface area (Å²) in [7, 11) is 0. The fourth-order valence-corrected chi connectivity index (χ4v) is 2.21. The first-order chi connectivity index (χ1) is 9.70. The van der Waals surface area contributed by atoms with E-state index >= 15 is 0 Å². The van der Waals surface area contributed by atoms with E-state index < -0.39 is 5.79 Å². The topological polar surface area (TPSA) is 75.6 Å². The molecule has 3 rings (SSSR count). The Hall–Kier alpha value is -2.27. The average molecular weight is 270 g/mol. The van der Waals surface area contributed by atoms with Crippen LogP contribution in [0.4, 0.5) is 5.69 Å². The molecule has 104 valence electrons. The minimum absolute atomic E-state index is 0.490. The fourth-order valence-electron chi connectivity index (χ4n) is 2.21. The number of hydrogen-bond donors (Lipinski definition) is 3. The maximum atomic E-state index is 6.29. The molecule has 5 heteroatoms. The predicted octanol–water partition coefficient (Wildman–Crippen LogP) is 2.26. The Balaban J connectivity index is 1.94. The standard InChI is InChI=1S/C15H18N4O/c1-2-15(16)18-13-8-4-3-7-12(13)14(19-15)17-10-11-6-5-9-20-11/h3-9,18H,2,10,16H2,1H3,(H,17,19). The molecule has 0 saturated heterocycles. The van der Waals surface area contributed by atoms with Crippen LogP contribution in [0.1, 0.15) is 24.7 Å². The summed E-state index contributed by atoms with van der Waals surface area (Å²) in [6.45, 7) is 2.52. The van der Waals surface area contributed by atoms with Crippen molar-refractivity contribution in [2.75, 3.05) is 5.32 Å². The number of nitrogens with one attached hydrogen (secondary N) is 2. The zero-order valence-electron chi connectivity index (χ0n) is 11.4. The van der Waals surface area contributed by atoms with E-state index in [0.29, 0.717) is 6.54 Å². The molecule has 0 fully saturated rings. The molecule has 1 aliphatic rings. The molecule has 0 saturated carbocycles. The van der Waals surface area contributed by atoms with Gasteiger partial charge in [0, 0.05) is 17.7 Å². The molecule has 0 amide bonds. The Morgan fingerprint density at radius 2 is 2.05 bits per heavy atom. The van der Waals surface area contributed by atoms with E-state index in [1.807, 2.05) is 43.3 Å². The zero-order chi connectivity index (χ0) is 14.0. The van der Waals surface area contributed by atoms with Gasteiger partial charge >= 0.3 is 0 Å². The van der Waals surface area contributed by atoms with E-state index in [-0.39, 0.29) is 0 Å². The van der Waals surface area contributed by atoms with Gasteiger partial charge in [0.1, 0.15) is 11.6 Å². The number of nitrogens with two attached hydrogens (primary N) is 1. The molecule has 5 nitrogen and oxygen atoms in total. The number of anilines is 1. The minimum Gasteiger partial charge on any atom is -0.467 e. The van der Waals surface area contributed by atoms with E-state index in [2.05, 4.69) is 15.6 Å². The third-order valence-electron chi connectivity index (χ3n) is 3.41. The van der Waals surface area contributed by atoms with Crippen LogP contribution in [0.3, 0.4) is 0 Å². The van der Waals surface area contributed by atoms with Gasteiger partial charge in [-0.3, -0.25) is 10.7 Å². The summed E-state index contributed by atoms with van der Waals surface area (Å²) in [6, 6.07) is 11.8. The van der Waals surface area contributed by atoms with Gasteiger partial charge in [-0.05, 0) is 24.3 Å². The molecule has 0 radical (unpaired) electrons. The van der Waals surface area contributed by atoms with Crippen molar-refractivity contribution in [2.24, 2.45) is 10.7 Å². The average Bonchev–Trinajstić information content (AvgIpc) is 2.98. The Kier molecular flexibility index (Phi) is 3.20. The Morgan fingerprint density at radius 1 is 1.20 bits per heavy atom. The van der Waals surface area contributed by atoms with E-state index in [4.69, 9.17) is 10.2 Å². The number of nitrogens with zero attached hydrogens (tertiary/aromatic N) is 1. The van der Waals surface area contributed by atoms with E-state index in [9.17, 15) is 0 Å². The summed E-state index contributed by atoms with van der Waals surface area (Å²) >= 11 is 0. The minimum atomic E-state index is -0.670. The lowest BCUT2D eigenvalue weighted by atomic mass is 10.1. The second kappa shape index (κ2) is 5.02. The van der Waals surface area contributed by atoms with Crippen molar-refractivity contribution < 1.29 is 4.42 Å². The summed E-state index contributed by atoms with van der Waals surface area (Å²) in [5.41, 5.74) is 8.30. The lowest BCUT2D eigenvalue weighted by Crippen LogP contribution is -2.63. The highest BCUT2D eigenvalue weighted by Crippen LogP contribution is 2.24. The summed E-state index contributed by atoms with van der Waals surface area (Å²) in [4.78, 5) is 4.60. The maximum Gasteiger partial charge on any atom is 0.162 e. The maximum absolute atomic E-state index is 6.29. The van der Waals surface area contributed by atoms with Crippen molar-refractivity contribution in [3.63, 3.8) is 0 Å². The fraction of sp³-hybridized carbons (Fsp3) is 0.267. The number of rotatable bonds is 3. The van der Waals surface area contributed by atoms with Gasteiger partial charge in [-0.1, -0.05) is 19.1 Å². The van der Waals surface area contributed by atoms with Gasteiger partial charge in [-0.15, -0.1) is 0 Å². The highest BCUT2D eigenvalue weighted by molar-refractivity contribution is 6.05. The van der Waals surface area contributed by atoms with Crippen LogP contribution in [0.2, 0.25) is 0 Å². The predicted molar refractivity (Wildman–Crippen MR) is 79.4 cm³/mol. The van der Waals surface area contributed by atoms with Crippen LogP contribution in [0.25, 0.3) is 0 Å². The Bertz CT molecular complexity index is 621. The van der Waals surface area contributed by atoms with Crippen molar-refractivity contribution in [3.05, 3.63) is 54.0 Å². The van der Waals surface area contributed by atoms with Crippen LogP contribution in [-0.2, 0) is 6.54 Å². The third-order valence-corrected chi connectivity index (χ3v) is 3.41. The smallest absolute Gasteiger partial charge is 0.162 e. The first-order valence-corrected chi connectivity index (χ1v) is 6.72. The molecule has 2 heterocycles. The van der Waals surface area contributed by atoms with Crippen LogP contribution in [-0.4, -0.2) is 11.6 Å². The number of para-hydroxylation sites is 1. The number of amidine groups is 1. The summed E-state index contributed by atoms with van der Waals surface area (Å²) < 4.78 is 5.31. The zero-order valence-corrected chi connectivity index (χ0v) is 11.4. The molecular weight excluding hydrogens is 252 g/mol. The van der Waals surface area contributed by atoms with Crippen molar-refractivity contribution in [2.45, 2.75) is 25.7 Å².